The van der Waals surface area contributed by atoms with Crippen molar-refractivity contribution in [3.63, 3.8) is 0 Å². The Bertz CT molecular complexity index is 1960. The summed E-state index contributed by atoms with van der Waals surface area (Å²) in [5, 5.41) is 15.5. The molecule has 18 heteroatoms. The van der Waals surface area contributed by atoms with E-state index in [4.69, 9.17) is 32.7 Å². The van der Waals surface area contributed by atoms with Crippen LogP contribution in [0.5, 0.6) is 11.5 Å². The number of pyridine rings is 2. The van der Waals surface area contributed by atoms with Crippen LogP contribution >= 0.6 is 35.0 Å². The number of halogens is 4. The predicted octanol–water partition coefficient (Wildman–Crippen LogP) is 5.20. The normalized spacial score (nSPS) is 17.6. The third kappa shape index (κ3) is 7.27. The molecule has 4 aromatic rings. The first-order chi connectivity index (χ1) is 22.8. The van der Waals surface area contributed by atoms with Gasteiger partial charge in [0.15, 0.2) is 34.9 Å². The number of ether oxygens (including phenoxy) is 3. The Morgan fingerprint density at radius 3 is 2.60 bits per heavy atom. The standard InChI is InChI=1S/C30H29Cl2F2N5O7S2/c1-16-20-10-19(12-35-27(20)37(2)36-16)48(42,43)39-7-8-47-28(39)29(40)45-25(11-21-22(31)13-38(41)14-23(21)32)18-5-6-24(46-30(33)34)26(9-18)44-15-17-3-4-17/h5-6,9-10,12-14,17,25,28,30H,3-4,7-8,11,15H2,1-2H3. The maximum Gasteiger partial charge on any atom is 0.387 e. The van der Waals surface area contributed by atoms with Crippen molar-refractivity contribution >= 4 is 62.0 Å². The van der Waals surface area contributed by atoms with Crippen molar-refractivity contribution < 1.29 is 40.9 Å². The second-order valence-corrected chi connectivity index (χ2v) is 15.2. The molecular weight excluding hydrogens is 715 g/mol. The van der Waals surface area contributed by atoms with Crippen molar-refractivity contribution in [1.82, 2.24) is 19.1 Å². The molecule has 0 N–H and O–H groups in total. The molecule has 1 aromatic carbocycles. The van der Waals surface area contributed by atoms with Crippen molar-refractivity contribution in [2.45, 2.75) is 49.2 Å². The summed E-state index contributed by atoms with van der Waals surface area (Å²) in [4.78, 5) is 18.0. The minimum absolute atomic E-state index is 0.00515. The highest BCUT2D eigenvalue weighted by Crippen LogP contribution is 2.39. The average molecular weight is 745 g/mol. The van der Waals surface area contributed by atoms with Crippen molar-refractivity contribution in [2.75, 3.05) is 18.9 Å². The summed E-state index contributed by atoms with van der Waals surface area (Å²) >= 11 is 13.8. The smallest absolute Gasteiger partial charge is 0.387 e. The van der Waals surface area contributed by atoms with E-state index < -0.39 is 34.1 Å². The van der Waals surface area contributed by atoms with Gasteiger partial charge in [0.2, 0.25) is 10.0 Å². The topological polar surface area (TPSA) is 140 Å². The Kier molecular flexibility index (Phi) is 9.91. The summed E-state index contributed by atoms with van der Waals surface area (Å²) in [5.41, 5.74) is 1.68. The molecule has 1 aliphatic heterocycles. The zero-order valence-corrected chi connectivity index (χ0v) is 28.7. The maximum atomic E-state index is 13.9. The summed E-state index contributed by atoms with van der Waals surface area (Å²) in [6, 6.07) is 5.59. The SMILES string of the molecule is Cc1nn(C)c2ncc(S(=O)(=O)N3CCSC3C(=O)OC(Cc3c(Cl)c[n+]([O-])cc3Cl)c3ccc(OC(F)F)c(OCC4CC4)c3)cc12. The van der Waals surface area contributed by atoms with Crippen LogP contribution in [0.2, 0.25) is 10.0 Å². The number of esters is 1. The van der Waals surface area contributed by atoms with Crippen LogP contribution < -0.4 is 14.2 Å². The van der Waals surface area contributed by atoms with Crippen LogP contribution in [0, 0.1) is 18.0 Å². The fourth-order valence-corrected chi connectivity index (χ4v) is 8.93. The van der Waals surface area contributed by atoms with Gasteiger partial charge in [0, 0.05) is 42.9 Å². The zero-order chi connectivity index (χ0) is 34.3. The van der Waals surface area contributed by atoms with Gasteiger partial charge in [-0.2, -0.15) is 22.9 Å². The molecule has 1 aliphatic carbocycles. The van der Waals surface area contributed by atoms with Gasteiger partial charge in [-0.3, -0.25) is 4.68 Å². The Hall–Kier alpha value is -3.44. The molecule has 2 aliphatic rings. The van der Waals surface area contributed by atoms with E-state index in [2.05, 4.69) is 14.8 Å². The molecule has 1 saturated carbocycles. The van der Waals surface area contributed by atoms with Gasteiger partial charge in [0.25, 0.3) is 0 Å². The molecule has 2 atom stereocenters. The Labute approximate surface area is 288 Å². The number of nitrogens with zero attached hydrogens (tertiary/aromatic N) is 5. The van der Waals surface area contributed by atoms with E-state index in [0.717, 1.165) is 41.3 Å². The van der Waals surface area contributed by atoms with E-state index >= 15 is 0 Å². The molecular formula is C30H29Cl2F2N5O7S2. The van der Waals surface area contributed by atoms with Gasteiger partial charge in [-0.1, -0.05) is 29.3 Å². The maximum absolute atomic E-state index is 13.9. The number of aromatic nitrogens is 4. The lowest BCUT2D eigenvalue weighted by Gasteiger charge is -2.26. The molecule has 6 rings (SSSR count). The number of fused-ring (bicyclic) bond motifs is 1. The molecule has 3 aromatic heterocycles. The Balaban J connectivity index is 1.32. The largest absolute Gasteiger partial charge is 0.619 e. The number of carbonyl (C=O) groups excluding carboxylic acids is 1. The third-order valence-corrected chi connectivity index (χ3v) is 11.7. The number of benzene rings is 1. The summed E-state index contributed by atoms with van der Waals surface area (Å²) in [5.74, 6) is -0.484. The molecule has 0 radical (unpaired) electrons. The third-order valence-electron chi connectivity index (χ3n) is 7.93. The summed E-state index contributed by atoms with van der Waals surface area (Å²) in [6.07, 6.45) is 3.97. The van der Waals surface area contributed by atoms with Crippen LogP contribution in [0.3, 0.4) is 0 Å². The van der Waals surface area contributed by atoms with Crippen LogP contribution in [0.25, 0.3) is 11.0 Å². The Morgan fingerprint density at radius 2 is 1.92 bits per heavy atom. The van der Waals surface area contributed by atoms with E-state index in [0.29, 0.717) is 32.8 Å². The van der Waals surface area contributed by atoms with Crippen LogP contribution in [-0.4, -0.2) is 64.3 Å². The van der Waals surface area contributed by atoms with Gasteiger partial charge in [0.05, 0.1) is 12.3 Å². The van der Waals surface area contributed by atoms with Crippen LogP contribution in [0.15, 0.2) is 47.8 Å². The van der Waals surface area contributed by atoms with Crippen molar-refractivity contribution in [1.29, 1.82) is 0 Å². The number of hydrogen-bond donors (Lipinski definition) is 0. The molecule has 256 valence electrons. The fraction of sp³-hybridized carbons (Fsp3) is 0.400. The molecule has 48 heavy (non-hydrogen) atoms. The minimum Gasteiger partial charge on any atom is -0.619 e. The first-order valence-corrected chi connectivity index (χ1v) is 18.0. The van der Waals surface area contributed by atoms with Crippen LogP contribution in [0.4, 0.5) is 8.78 Å². The van der Waals surface area contributed by atoms with Crippen LogP contribution in [0.1, 0.15) is 35.8 Å². The first-order valence-electron chi connectivity index (χ1n) is 14.7. The number of carbonyl (C=O) groups is 1. The van der Waals surface area contributed by atoms with E-state index in [1.54, 1.807) is 18.7 Å². The molecule has 4 heterocycles. The lowest BCUT2D eigenvalue weighted by molar-refractivity contribution is -0.605. The van der Waals surface area contributed by atoms with Gasteiger partial charge < -0.3 is 19.4 Å². The lowest BCUT2D eigenvalue weighted by atomic mass is 10.0. The van der Waals surface area contributed by atoms with Gasteiger partial charge >= 0.3 is 12.6 Å². The number of sulfonamides is 1. The van der Waals surface area contributed by atoms with E-state index in [1.807, 2.05) is 0 Å². The summed E-state index contributed by atoms with van der Waals surface area (Å²) in [6.45, 7) is -1.07. The van der Waals surface area contributed by atoms with Crippen LogP contribution in [-0.2, 0) is 33.0 Å². The molecule has 0 spiro atoms. The first kappa shape index (κ1) is 34.4. The minimum atomic E-state index is -4.22. The second kappa shape index (κ2) is 13.8. The van der Waals surface area contributed by atoms with Crippen molar-refractivity contribution in [3.05, 3.63) is 74.9 Å². The molecule has 2 fully saturated rings. The highest BCUT2D eigenvalue weighted by molar-refractivity contribution is 8.02. The highest BCUT2D eigenvalue weighted by atomic mass is 35.5. The van der Waals surface area contributed by atoms with E-state index in [9.17, 15) is 27.2 Å². The number of rotatable bonds is 12. The van der Waals surface area contributed by atoms with Gasteiger partial charge in [-0.05, 0) is 49.4 Å². The second-order valence-electron chi connectivity index (χ2n) is 11.4. The monoisotopic (exact) mass is 743 g/mol. The molecule has 0 bridgehead atoms. The average Bonchev–Trinajstić information content (AvgIpc) is 3.63. The quantitative estimate of drug-likeness (QED) is 0.108. The molecule has 1 saturated heterocycles. The number of thioether (sulfide) groups is 1. The predicted molar refractivity (Wildman–Crippen MR) is 173 cm³/mol. The van der Waals surface area contributed by atoms with E-state index in [1.165, 1.54) is 30.5 Å². The number of hydrogen-bond acceptors (Lipinski definition) is 10. The molecule has 2 unspecified atom stereocenters. The molecule has 12 nitrogen and oxygen atoms in total. The number of alkyl halides is 2. The van der Waals surface area contributed by atoms with Gasteiger partial charge in [-0.15, -0.1) is 11.8 Å². The van der Waals surface area contributed by atoms with Gasteiger partial charge in [-0.25, -0.2) is 18.2 Å². The van der Waals surface area contributed by atoms with Crippen molar-refractivity contribution in [3.8, 4) is 11.5 Å². The lowest BCUT2D eigenvalue weighted by Crippen LogP contribution is -2.40. The summed E-state index contributed by atoms with van der Waals surface area (Å²) < 4.78 is 73.6. The number of aryl methyl sites for hydroxylation is 2. The Morgan fingerprint density at radius 1 is 1.19 bits per heavy atom. The summed E-state index contributed by atoms with van der Waals surface area (Å²) in [7, 11) is -2.52. The molecule has 0 amide bonds. The van der Waals surface area contributed by atoms with Crippen molar-refractivity contribution in [2.24, 2.45) is 13.0 Å². The fourth-order valence-electron chi connectivity index (χ4n) is 5.31. The highest BCUT2D eigenvalue weighted by Gasteiger charge is 2.42. The van der Waals surface area contributed by atoms with Gasteiger partial charge in [0.1, 0.15) is 21.0 Å². The zero-order valence-electron chi connectivity index (χ0n) is 25.5. The van der Waals surface area contributed by atoms with E-state index in [-0.39, 0.29) is 57.5 Å².